The molecule has 0 bridgehead atoms. The zero-order valence-electron chi connectivity index (χ0n) is 7.30. The van der Waals surface area contributed by atoms with Crippen LogP contribution < -0.4 is 4.74 Å². The average Bonchev–Trinajstić information content (AvgIpc) is 2.16. The van der Waals surface area contributed by atoms with Crippen molar-refractivity contribution in [2.24, 2.45) is 0 Å². The van der Waals surface area contributed by atoms with Crippen molar-refractivity contribution in [2.45, 2.75) is 0 Å². The minimum atomic E-state index is 0.238. The lowest BCUT2D eigenvalue weighted by Crippen LogP contribution is -1.97. The van der Waals surface area contributed by atoms with Gasteiger partial charge < -0.3 is 4.74 Å². The lowest BCUT2D eigenvalue weighted by molar-refractivity contribution is 0.112. The molecule has 0 aliphatic carbocycles. The van der Waals surface area contributed by atoms with Crippen molar-refractivity contribution in [1.82, 2.24) is 0 Å². The third-order valence-electron chi connectivity index (χ3n) is 1.49. The van der Waals surface area contributed by atoms with E-state index in [9.17, 15) is 4.79 Å². The van der Waals surface area contributed by atoms with Gasteiger partial charge in [-0.15, -0.1) is 0 Å². The first-order valence-corrected chi connectivity index (χ1v) is 5.01. The summed E-state index contributed by atoms with van der Waals surface area (Å²) in [6.07, 6.45) is 0.756. The molecule has 0 unspecified atom stereocenters. The fraction of sp³-hybridized carbons (Fsp3) is 0.100. The molecular formula is C10H8BrClO2. The summed E-state index contributed by atoms with van der Waals surface area (Å²) >= 11 is 8.77. The van der Waals surface area contributed by atoms with E-state index < -0.39 is 0 Å². The van der Waals surface area contributed by atoms with Crippen LogP contribution >= 0.6 is 27.5 Å². The van der Waals surface area contributed by atoms with Crippen molar-refractivity contribution in [3.05, 3.63) is 39.8 Å². The molecule has 14 heavy (non-hydrogen) atoms. The summed E-state index contributed by atoms with van der Waals surface area (Å²) in [4.78, 5) is 10.6. The molecule has 0 heterocycles. The molecule has 0 atom stereocenters. The van der Waals surface area contributed by atoms with E-state index in [0.29, 0.717) is 16.3 Å². The average molecular weight is 276 g/mol. The quantitative estimate of drug-likeness (QED) is 0.787. The van der Waals surface area contributed by atoms with Crippen LogP contribution in [0.15, 0.2) is 34.3 Å². The number of carbonyl (C=O) groups excluding carboxylic acids is 1. The van der Waals surface area contributed by atoms with E-state index in [4.69, 9.17) is 16.3 Å². The Kier molecular flexibility index (Phi) is 4.17. The van der Waals surface area contributed by atoms with Gasteiger partial charge >= 0.3 is 0 Å². The highest BCUT2D eigenvalue weighted by atomic mass is 79.9. The molecule has 74 valence electrons. The number of halogens is 2. The van der Waals surface area contributed by atoms with Gasteiger partial charge in [-0.1, -0.05) is 34.1 Å². The van der Waals surface area contributed by atoms with Gasteiger partial charge in [0.25, 0.3) is 0 Å². The van der Waals surface area contributed by atoms with Crippen molar-refractivity contribution in [3.8, 4) is 5.75 Å². The van der Waals surface area contributed by atoms with Gasteiger partial charge in [0, 0.05) is 15.1 Å². The van der Waals surface area contributed by atoms with Crippen LogP contribution in [0.3, 0.4) is 0 Å². The van der Waals surface area contributed by atoms with Crippen molar-refractivity contribution >= 4 is 33.8 Å². The number of aldehydes is 1. The largest absolute Gasteiger partial charge is 0.488 e. The zero-order valence-corrected chi connectivity index (χ0v) is 9.64. The van der Waals surface area contributed by atoms with Crippen LogP contribution in [0, 0.1) is 0 Å². The topological polar surface area (TPSA) is 26.3 Å². The lowest BCUT2D eigenvalue weighted by atomic mass is 10.2. The molecule has 0 aliphatic rings. The molecule has 0 amide bonds. The van der Waals surface area contributed by atoms with Crippen LogP contribution in [0.25, 0.3) is 0 Å². The Labute approximate surface area is 95.6 Å². The van der Waals surface area contributed by atoms with Crippen LogP contribution in [0.2, 0.25) is 0 Å². The van der Waals surface area contributed by atoms with E-state index in [0.717, 1.165) is 10.8 Å². The van der Waals surface area contributed by atoms with Crippen LogP contribution in [-0.4, -0.2) is 12.9 Å². The molecule has 2 nitrogen and oxygen atoms in total. The summed E-state index contributed by atoms with van der Waals surface area (Å²) < 4.78 is 5.99. The van der Waals surface area contributed by atoms with E-state index >= 15 is 0 Å². The molecule has 4 heteroatoms. The molecule has 0 N–H and O–H groups in total. The minimum Gasteiger partial charge on any atom is -0.488 e. The van der Waals surface area contributed by atoms with Crippen molar-refractivity contribution in [3.63, 3.8) is 0 Å². The second-order valence-electron chi connectivity index (χ2n) is 2.61. The standard InChI is InChI=1S/C10H8BrClO2/c1-7(12)6-14-9-2-3-10(11)8(4-9)5-13/h2-5H,1,6H2. The second kappa shape index (κ2) is 5.17. The molecule has 0 aliphatic heterocycles. The molecule has 1 rings (SSSR count). The van der Waals surface area contributed by atoms with Crippen LogP contribution in [0.1, 0.15) is 10.4 Å². The Hall–Kier alpha value is -0.800. The normalized spacial score (nSPS) is 9.57. The zero-order chi connectivity index (χ0) is 10.6. The van der Waals surface area contributed by atoms with Crippen molar-refractivity contribution in [1.29, 1.82) is 0 Å². The Morgan fingerprint density at radius 1 is 1.64 bits per heavy atom. The van der Waals surface area contributed by atoms with Gasteiger partial charge in [0.1, 0.15) is 12.4 Å². The molecule has 0 fully saturated rings. The monoisotopic (exact) mass is 274 g/mol. The van der Waals surface area contributed by atoms with Gasteiger partial charge in [0.05, 0.1) is 0 Å². The predicted octanol–water partition coefficient (Wildman–Crippen LogP) is 3.39. The molecule has 0 spiro atoms. The fourth-order valence-electron chi connectivity index (χ4n) is 0.864. The molecule has 0 saturated heterocycles. The first-order valence-electron chi connectivity index (χ1n) is 3.84. The number of hydrogen-bond donors (Lipinski definition) is 0. The first-order chi connectivity index (χ1) is 6.63. The third-order valence-corrected chi connectivity index (χ3v) is 2.32. The summed E-state index contributed by atoms with van der Waals surface area (Å²) in [5, 5.41) is 0.417. The molecule has 1 aromatic rings. The maximum atomic E-state index is 10.6. The number of ether oxygens (including phenoxy) is 1. The van der Waals surface area contributed by atoms with E-state index in [2.05, 4.69) is 22.5 Å². The predicted molar refractivity (Wildman–Crippen MR) is 60.0 cm³/mol. The number of benzene rings is 1. The van der Waals surface area contributed by atoms with Crippen LogP contribution in [0.4, 0.5) is 0 Å². The summed E-state index contributed by atoms with van der Waals surface area (Å²) in [6.45, 7) is 3.73. The van der Waals surface area contributed by atoms with Gasteiger partial charge in [-0.05, 0) is 18.2 Å². The molecule has 0 saturated carbocycles. The van der Waals surface area contributed by atoms with Crippen molar-refractivity contribution < 1.29 is 9.53 Å². The molecule has 0 radical (unpaired) electrons. The number of carbonyl (C=O) groups is 1. The van der Waals surface area contributed by atoms with Crippen molar-refractivity contribution in [2.75, 3.05) is 6.61 Å². The highest BCUT2D eigenvalue weighted by Crippen LogP contribution is 2.21. The molecule has 1 aromatic carbocycles. The first kappa shape index (κ1) is 11.3. The molecular weight excluding hydrogens is 267 g/mol. The third kappa shape index (κ3) is 3.16. The van der Waals surface area contributed by atoms with Gasteiger partial charge in [0.15, 0.2) is 6.29 Å². The Balaban J connectivity index is 2.79. The number of rotatable bonds is 4. The minimum absolute atomic E-state index is 0.238. The smallest absolute Gasteiger partial charge is 0.151 e. The van der Waals surface area contributed by atoms with Gasteiger partial charge in [-0.3, -0.25) is 4.79 Å². The summed E-state index contributed by atoms with van der Waals surface area (Å²) in [5.41, 5.74) is 0.544. The van der Waals surface area contributed by atoms with E-state index in [1.165, 1.54) is 0 Å². The highest BCUT2D eigenvalue weighted by molar-refractivity contribution is 9.10. The van der Waals surface area contributed by atoms with Gasteiger partial charge in [-0.2, -0.15) is 0 Å². The summed E-state index contributed by atoms with van der Waals surface area (Å²) in [5.74, 6) is 0.595. The molecule has 0 aromatic heterocycles. The lowest BCUT2D eigenvalue weighted by Gasteiger charge is -2.05. The summed E-state index contributed by atoms with van der Waals surface area (Å²) in [6, 6.07) is 5.13. The van der Waals surface area contributed by atoms with E-state index in [-0.39, 0.29) is 6.61 Å². The Bertz CT molecular complexity index is 363. The van der Waals surface area contributed by atoms with Crippen LogP contribution in [-0.2, 0) is 0 Å². The Morgan fingerprint density at radius 2 is 2.36 bits per heavy atom. The van der Waals surface area contributed by atoms with Crippen LogP contribution in [0.5, 0.6) is 5.75 Å². The fourth-order valence-corrected chi connectivity index (χ4v) is 1.26. The SMILES string of the molecule is C=C(Cl)COc1ccc(Br)c(C=O)c1. The maximum absolute atomic E-state index is 10.6. The second-order valence-corrected chi connectivity index (χ2v) is 4.00. The van der Waals surface area contributed by atoms with Gasteiger partial charge in [0.2, 0.25) is 0 Å². The highest BCUT2D eigenvalue weighted by Gasteiger charge is 2.01. The van der Waals surface area contributed by atoms with E-state index in [1.807, 2.05) is 0 Å². The summed E-state index contributed by atoms with van der Waals surface area (Å²) in [7, 11) is 0. The van der Waals surface area contributed by atoms with E-state index in [1.54, 1.807) is 18.2 Å². The Morgan fingerprint density at radius 3 is 2.93 bits per heavy atom. The number of hydrogen-bond acceptors (Lipinski definition) is 2. The van der Waals surface area contributed by atoms with Gasteiger partial charge in [-0.25, -0.2) is 0 Å². The maximum Gasteiger partial charge on any atom is 0.151 e.